The van der Waals surface area contributed by atoms with Crippen molar-refractivity contribution in [3.63, 3.8) is 0 Å². The summed E-state index contributed by atoms with van der Waals surface area (Å²) in [5.74, 6) is 0.722. The fraction of sp³-hybridized carbons (Fsp3) is 0.282. The number of hydrogen-bond acceptors (Lipinski definition) is 11. The van der Waals surface area contributed by atoms with E-state index in [-0.39, 0.29) is 28.7 Å². The van der Waals surface area contributed by atoms with Gasteiger partial charge in [0, 0.05) is 10.6 Å². The van der Waals surface area contributed by atoms with Crippen molar-refractivity contribution in [1.82, 2.24) is 24.7 Å². The Kier molecular flexibility index (Phi) is 12.2. The fourth-order valence-electron chi connectivity index (χ4n) is 6.16. The zero-order chi connectivity index (χ0) is 37.1. The zero-order valence-corrected chi connectivity index (χ0v) is 30.0. The number of methoxy groups -OCH3 is 2. The molecule has 1 aliphatic rings. The zero-order valence-electron chi connectivity index (χ0n) is 29.3. The Hall–Kier alpha value is -5.77. The monoisotopic (exact) mass is 722 g/mol. The third-order valence-electron chi connectivity index (χ3n) is 9.10. The van der Waals surface area contributed by atoms with Gasteiger partial charge < -0.3 is 24.1 Å². The van der Waals surface area contributed by atoms with Crippen molar-refractivity contribution in [2.75, 3.05) is 14.2 Å². The number of carbonyl (C=O) groups excluding carboxylic acids is 1. The summed E-state index contributed by atoms with van der Waals surface area (Å²) < 4.78 is 23.1. The van der Waals surface area contributed by atoms with Crippen LogP contribution >= 0.6 is 11.6 Å². The molecule has 0 amide bonds. The minimum atomic E-state index is -0.791. The number of nitriles is 1. The van der Waals surface area contributed by atoms with E-state index in [1.54, 1.807) is 59.5 Å². The maximum Gasteiger partial charge on any atom is 0.341 e. The average molecular weight is 723 g/mol. The molecule has 1 aliphatic carbocycles. The van der Waals surface area contributed by atoms with Gasteiger partial charge in [-0.15, -0.1) is 0 Å². The number of para-hydroxylation sites is 2. The Morgan fingerprint density at radius 1 is 1.00 bits per heavy atom. The lowest BCUT2D eigenvalue weighted by atomic mass is 9.72. The molecule has 2 heterocycles. The maximum atomic E-state index is 12.1. The van der Waals surface area contributed by atoms with Gasteiger partial charge in [0.1, 0.15) is 42.1 Å². The van der Waals surface area contributed by atoms with E-state index in [0.29, 0.717) is 29.2 Å². The summed E-state index contributed by atoms with van der Waals surface area (Å²) in [5, 5.41) is 25.6. The van der Waals surface area contributed by atoms with Crippen LogP contribution in [0.25, 0.3) is 5.57 Å². The van der Waals surface area contributed by atoms with Crippen molar-refractivity contribution >= 4 is 23.1 Å². The topological polar surface area (TPSA) is 154 Å². The molecule has 12 nitrogen and oxygen atoms in total. The molecule has 2 atom stereocenters. The fourth-order valence-corrected chi connectivity index (χ4v) is 6.28. The SMILES string of the molecule is CC1(C)CCC(Cc2ccc(Cl)cc2)C1(O)Cn1cncn1.CO/C=C(/C(=O)OC)c1ccccc1Oc1cc(Oc2ccccc2C#N)ncn1. The molecule has 5 aromatic rings. The lowest BCUT2D eigenvalue weighted by Gasteiger charge is -2.40. The number of carbonyl (C=O) groups is 1. The molecule has 6 rings (SSSR count). The van der Waals surface area contributed by atoms with Crippen LogP contribution < -0.4 is 9.47 Å². The van der Waals surface area contributed by atoms with E-state index >= 15 is 0 Å². The molecule has 13 heteroatoms. The molecule has 0 bridgehead atoms. The Morgan fingerprint density at radius 3 is 2.33 bits per heavy atom. The number of benzene rings is 3. The molecule has 0 spiro atoms. The molecule has 2 aromatic heterocycles. The molecule has 0 saturated heterocycles. The second kappa shape index (κ2) is 17.0. The van der Waals surface area contributed by atoms with Crippen LogP contribution in [0.4, 0.5) is 0 Å². The minimum absolute atomic E-state index is 0.143. The highest BCUT2D eigenvalue weighted by molar-refractivity contribution is 6.30. The summed E-state index contributed by atoms with van der Waals surface area (Å²) in [7, 11) is 2.71. The van der Waals surface area contributed by atoms with Gasteiger partial charge in [-0.3, -0.25) is 4.68 Å². The summed E-state index contributed by atoms with van der Waals surface area (Å²) in [6.07, 6.45) is 8.62. The number of esters is 1. The van der Waals surface area contributed by atoms with E-state index in [1.165, 1.54) is 44.8 Å². The van der Waals surface area contributed by atoms with E-state index in [2.05, 4.69) is 40.0 Å². The van der Waals surface area contributed by atoms with Crippen LogP contribution in [0.5, 0.6) is 23.3 Å². The van der Waals surface area contributed by atoms with E-state index in [4.69, 9.17) is 30.5 Å². The molecule has 52 heavy (non-hydrogen) atoms. The van der Waals surface area contributed by atoms with Gasteiger partial charge in [0.15, 0.2) is 0 Å². The molecule has 0 radical (unpaired) electrons. The smallest absolute Gasteiger partial charge is 0.341 e. The van der Waals surface area contributed by atoms with Crippen molar-refractivity contribution in [2.24, 2.45) is 11.3 Å². The predicted octanol–water partition coefficient (Wildman–Crippen LogP) is 7.43. The van der Waals surface area contributed by atoms with Gasteiger partial charge in [-0.1, -0.05) is 67.9 Å². The van der Waals surface area contributed by atoms with Gasteiger partial charge in [0.25, 0.3) is 0 Å². The highest BCUT2D eigenvalue weighted by Gasteiger charge is 2.54. The Morgan fingerprint density at radius 2 is 1.67 bits per heavy atom. The van der Waals surface area contributed by atoms with E-state index in [0.717, 1.165) is 24.3 Å². The summed E-state index contributed by atoms with van der Waals surface area (Å²) >= 11 is 5.96. The van der Waals surface area contributed by atoms with E-state index < -0.39 is 11.6 Å². The van der Waals surface area contributed by atoms with Crippen molar-refractivity contribution in [3.8, 4) is 29.3 Å². The maximum absolute atomic E-state index is 12.1. The lowest BCUT2D eigenvalue weighted by Crippen LogP contribution is -2.49. The largest absolute Gasteiger partial charge is 0.503 e. The summed E-state index contributed by atoms with van der Waals surface area (Å²) in [4.78, 5) is 24.3. The number of nitrogens with zero attached hydrogens (tertiary/aromatic N) is 6. The first-order valence-corrected chi connectivity index (χ1v) is 16.8. The van der Waals surface area contributed by atoms with Gasteiger partial charge in [-0.25, -0.2) is 19.7 Å². The first kappa shape index (κ1) is 37.5. The Labute approximate surface area is 307 Å². The number of aliphatic hydroxyl groups is 1. The Bertz CT molecular complexity index is 2030. The van der Waals surface area contributed by atoms with Crippen LogP contribution in [0.2, 0.25) is 5.02 Å². The highest BCUT2D eigenvalue weighted by Crippen LogP contribution is 2.51. The number of ether oxygens (including phenoxy) is 4. The molecule has 0 aliphatic heterocycles. The van der Waals surface area contributed by atoms with Gasteiger partial charge in [-0.2, -0.15) is 10.4 Å². The third kappa shape index (κ3) is 8.93. The van der Waals surface area contributed by atoms with Crippen LogP contribution in [0.15, 0.2) is 104 Å². The second-order valence-electron chi connectivity index (χ2n) is 12.7. The molecule has 3 aromatic carbocycles. The van der Waals surface area contributed by atoms with E-state index in [9.17, 15) is 15.2 Å². The standard InChI is InChI=1S/C22H17N3O5.C17H22ClN3O/c1-27-13-17(22(26)28-2)16-8-4-6-10-19(16)30-21-11-20(24-14-25-21)29-18-9-5-3-7-15(18)12-23;1-16(2)8-7-14(9-13-3-5-15(18)6-4-13)17(16,22)10-21-12-19-11-20-21/h3-11,13-14H,1-2H3;3-6,11-12,14,22H,7-10H2,1-2H3/b17-13+;. The molecule has 1 fully saturated rings. The van der Waals surface area contributed by atoms with Gasteiger partial charge >= 0.3 is 5.97 Å². The molecule has 2 unspecified atom stereocenters. The van der Waals surface area contributed by atoms with E-state index in [1.807, 2.05) is 24.3 Å². The van der Waals surface area contributed by atoms with Crippen LogP contribution in [0.1, 0.15) is 43.4 Å². The highest BCUT2D eigenvalue weighted by atomic mass is 35.5. The van der Waals surface area contributed by atoms with Crippen molar-refractivity contribution < 1.29 is 28.8 Å². The number of hydrogen-bond donors (Lipinski definition) is 1. The molecule has 268 valence electrons. The average Bonchev–Trinajstić information content (AvgIpc) is 3.74. The normalized spacial score (nSPS) is 17.6. The lowest BCUT2D eigenvalue weighted by molar-refractivity contribution is -0.133. The predicted molar refractivity (Wildman–Crippen MR) is 193 cm³/mol. The van der Waals surface area contributed by atoms with Gasteiger partial charge in [0.2, 0.25) is 11.8 Å². The first-order valence-electron chi connectivity index (χ1n) is 16.4. The Balaban J connectivity index is 0.000000210. The number of halogens is 1. The first-order chi connectivity index (χ1) is 25.1. The molecular formula is C39H39ClN6O6. The van der Waals surface area contributed by atoms with Crippen LogP contribution in [0, 0.1) is 22.7 Å². The molecule has 1 saturated carbocycles. The van der Waals surface area contributed by atoms with Gasteiger partial charge in [-0.05, 0) is 66.5 Å². The quantitative estimate of drug-likeness (QED) is 0.0822. The molecular weight excluding hydrogens is 684 g/mol. The summed E-state index contributed by atoms with van der Waals surface area (Å²) in [6.45, 7) is 4.77. The second-order valence-corrected chi connectivity index (χ2v) is 13.2. The van der Waals surface area contributed by atoms with Crippen molar-refractivity contribution in [3.05, 3.63) is 126 Å². The van der Waals surface area contributed by atoms with Crippen LogP contribution in [-0.4, -0.2) is 55.6 Å². The van der Waals surface area contributed by atoms with Crippen molar-refractivity contribution in [2.45, 2.75) is 45.3 Å². The van der Waals surface area contributed by atoms with Crippen LogP contribution in [0.3, 0.4) is 0 Å². The number of rotatable bonds is 11. The summed E-state index contributed by atoms with van der Waals surface area (Å²) in [5.41, 5.74) is 1.29. The molecule has 1 N–H and O–H groups in total. The van der Waals surface area contributed by atoms with Crippen LogP contribution in [-0.2, 0) is 27.2 Å². The van der Waals surface area contributed by atoms with Gasteiger partial charge in [0.05, 0.1) is 44.3 Å². The summed E-state index contributed by atoms with van der Waals surface area (Å²) in [6, 6.07) is 25.1. The third-order valence-corrected chi connectivity index (χ3v) is 9.35. The number of aromatic nitrogens is 5. The minimum Gasteiger partial charge on any atom is -0.503 e. The van der Waals surface area contributed by atoms with Crippen molar-refractivity contribution in [1.29, 1.82) is 5.26 Å².